The first-order chi connectivity index (χ1) is 16.5. The Bertz CT molecular complexity index is 1420. The molecule has 0 saturated heterocycles. The Morgan fingerprint density at radius 1 is 1.09 bits per heavy atom. The minimum absolute atomic E-state index is 0.268. The van der Waals surface area contributed by atoms with Gasteiger partial charge in [-0.3, -0.25) is 14.9 Å². The fraction of sp³-hybridized carbons (Fsp3) is 0.120. The summed E-state index contributed by atoms with van der Waals surface area (Å²) >= 11 is 7.33. The smallest absolute Gasteiger partial charge is 0.276 e. The highest BCUT2D eigenvalue weighted by molar-refractivity contribution is 8.13. The van der Waals surface area contributed by atoms with E-state index in [9.17, 15) is 9.59 Å². The van der Waals surface area contributed by atoms with Crippen molar-refractivity contribution in [3.8, 4) is 5.75 Å². The van der Waals surface area contributed by atoms with Crippen LogP contribution < -0.4 is 20.6 Å². The highest BCUT2D eigenvalue weighted by atomic mass is 35.5. The molecule has 2 aliphatic heterocycles. The van der Waals surface area contributed by atoms with E-state index >= 15 is 0 Å². The summed E-state index contributed by atoms with van der Waals surface area (Å²) in [6.45, 7) is 0. The van der Waals surface area contributed by atoms with E-state index in [2.05, 4.69) is 15.4 Å². The third-order valence-corrected chi connectivity index (χ3v) is 6.60. The molecule has 0 saturated carbocycles. The van der Waals surface area contributed by atoms with Crippen molar-refractivity contribution in [3.63, 3.8) is 0 Å². The van der Waals surface area contributed by atoms with Crippen LogP contribution >= 0.6 is 23.4 Å². The summed E-state index contributed by atoms with van der Waals surface area (Å²) in [5.74, 6) is 0.620. The van der Waals surface area contributed by atoms with Gasteiger partial charge in [-0.2, -0.15) is 0 Å². The lowest BCUT2D eigenvalue weighted by Crippen LogP contribution is -2.54. The Hall–Kier alpha value is -3.62. The van der Waals surface area contributed by atoms with E-state index in [-0.39, 0.29) is 11.7 Å². The molecule has 3 aromatic carbocycles. The number of carbonyl (C=O) groups excluding carboxylic acids is 2. The molecule has 2 aliphatic rings. The number of hydrogen-bond acceptors (Lipinski definition) is 7. The predicted molar refractivity (Wildman–Crippen MR) is 132 cm³/mol. The van der Waals surface area contributed by atoms with Crippen LogP contribution in [-0.4, -0.2) is 35.1 Å². The van der Waals surface area contributed by atoms with Crippen LogP contribution in [0, 0.1) is 0 Å². The summed E-state index contributed by atoms with van der Waals surface area (Å²) in [7, 11) is 1.57. The van der Waals surface area contributed by atoms with Gasteiger partial charge < -0.3 is 4.74 Å². The first-order valence-corrected chi connectivity index (χ1v) is 11.8. The van der Waals surface area contributed by atoms with E-state index in [1.54, 1.807) is 43.5 Å². The number of ether oxygens (including phenoxy) is 1. The molecule has 1 amide bonds. The maximum absolute atomic E-state index is 13.5. The summed E-state index contributed by atoms with van der Waals surface area (Å²) in [5, 5.41) is 11.2. The number of amidine groups is 1. The van der Waals surface area contributed by atoms with Crippen molar-refractivity contribution in [3.05, 3.63) is 99.5 Å². The van der Waals surface area contributed by atoms with E-state index in [0.29, 0.717) is 43.5 Å². The molecule has 3 aromatic rings. The number of benzene rings is 3. The van der Waals surface area contributed by atoms with Gasteiger partial charge >= 0.3 is 0 Å². The molecule has 2 heterocycles. The van der Waals surface area contributed by atoms with Crippen LogP contribution in [0.25, 0.3) is 5.70 Å². The number of nitrogens with one attached hydrogen (secondary N) is 1. The number of rotatable bonds is 5. The van der Waals surface area contributed by atoms with E-state index in [0.717, 1.165) is 5.56 Å². The van der Waals surface area contributed by atoms with Crippen molar-refractivity contribution in [1.29, 1.82) is 0 Å². The molecular weight excluding hydrogens is 472 g/mol. The molecule has 170 valence electrons. The van der Waals surface area contributed by atoms with Gasteiger partial charge in [-0.1, -0.05) is 53.7 Å². The van der Waals surface area contributed by atoms with E-state index in [4.69, 9.17) is 16.3 Å². The zero-order valence-corrected chi connectivity index (χ0v) is 19.6. The number of hydrogen-bond donors (Lipinski definition) is 1. The number of nitrogens with zero attached hydrogens (tertiary/aromatic N) is 3. The van der Waals surface area contributed by atoms with Gasteiger partial charge in [0.15, 0.2) is 5.17 Å². The molecule has 0 bridgehead atoms. The third-order valence-electron chi connectivity index (χ3n) is 5.41. The molecule has 0 radical (unpaired) electrons. The molecule has 0 spiro atoms. The fourth-order valence-corrected chi connectivity index (χ4v) is 4.63. The predicted octanol–water partition coefficient (Wildman–Crippen LogP) is 2.94. The second-order valence-electron chi connectivity index (χ2n) is 7.58. The maximum Gasteiger partial charge on any atom is 0.276 e. The number of para-hydroxylation sites is 1. The van der Waals surface area contributed by atoms with Crippen molar-refractivity contribution < 1.29 is 14.3 Å². The Labute approximate surface area is 204 Å². The first-order valence-electron chi connectivity index (χ1n) is 10.5. The van der Waals surface area contributed by atoms with Crippen LogP contribution in [0.2, 0.25) is 5.02 Å². The van der Waals surface area contributed by atoms with Gasteiger partial charge in [0, 0.05) is 21.6 Å². The minimum atomic E-state index is -1.00. The Morgan fingerprint density at radius 3 is 2.56 bits per heavy atom. The zero-order valence-electron chi connectivity index (χ0n) is 18.1. The molecule has 9 heteroatoms. The Morgan fingerprint density at radius 2 is 1.82 bits per heavy atom. The van der Waals surface area contributed by atoms with Crippen molar-refractivity contribution in [1.82, 2.24) is 10.3 Å². The number of thioether (sulfide) groups is 1. The molecular formula is C25H19ClN4O3S. The fourth-order valence-electron chi connectivity index (χ4n) is 3.70. The number of carbonyl (C=O) groups is 2. The monoisotopic (exact) mass is 490 g/mol. The van der Waals surface area contributed by atoms with Crippen molar-refractivity contribution in [2.75, 3.05) is 7.11 Å². The second kappa shape index (κ2) is 9.32. The molecule has 0 unspecified atom stereocenters. The maximum atomic E-state index is 13.5. The van der Waals surface area contributed by atoms with E-state index in [1.165, 1.54) is 16.8 Å². The SMILES string of the molecule is COc1ccc(C(=O)[C@@H]2N=c3ccccc3=C3C(=O)NC(SCc4ccc(Cl)cc4)=NN32)cc1. The summed E-state index contributed by atoms with van der Waals surface area (Å²) < 4.78 is 5.19. The van der Waals surface area contributed by atoms with E-state index < -0.39 is 6.17 Å². The molecule has 1 N–H and O–H groups in total. The summed E-state index contributed by atoms with van der Waals surface area (Å²) in [6.07, 6.45) is -1.00. The minimum Gasteiger partial charge on any atom is -0.497 e. The topological polar surface area (TPSA) is 83.4 Å². The van der Waals surface area contributed by atoms with Crippen LogP contribution in [0.5, 0.6) is 5.75 Å². The van der Waals surface area contributed by atoms with Crippen molar-refractivity contribution in [2.24, 2.45) is 10.1 Å². The molecule has 7 nitrogen and oxygen atoms in total. The standard InChI is InChI=1S/C25H19ClN4O3S/c1-33-18-12-8-16(9-13-18)22(31)23-27-20-5-3-2-4-19(20)21-24(32)28-25(29-30(21)23)34-14-15-6-10-17(26)11-7-15/h2-13,23H,14H2,1H3,(H,28,29,32)/t23-/m1/s1. The molecule has 0 aliphatic carbocycles. The lowest BCUT2D eigenvalue weighted by molar-refractivity contribution is -0.115. The van der Waals surface area contributed by atoms with Gasteiger partial charge in [0.05, 0.1) is 12.5 Å². The van der Waals surface area contributed by atoms with Gasteiger partial charge in [-0.25, -0.2) is 10.0 Å². The molecule has 0 fully saturated rings. The summed E-state index contributed by atoms with van der Waals surface area (Å²) in [5.41, 5.74) is 1.78. The van der Waals surface area contributed by atoms with Gasteiger partial charge in [-0.05, 0) is 48.0 Å². The number of ketones is 1. The second-order valence-corrected chi connectivity index (χ2v) is 8.98. The number of hydrazone groups is 1. The van der Waals surface area contributed by atoms with Gasteiger partial charge in [-0.15, -0.1) is 5.10 Å². The van der Waals surface area contributed by atoms with Crippen molar-refractivity contribution >= 4 is 45.9 Å². The molecule has 0 aromatic heterocycles. The first kappa shape index (κ1) is 22.2. The van der Waals surface area contributed by atoms with Crippen molar-refractivity contribution in [2.45, 2.75) is 11.9 Å². The third kappa shape index (κ3) is 4.30. The highest BCUT2D eigenvalue weighted by Crippen LogP contribution is 2.25. The average Bonchev–Trinajstić information content (AvgIpc) is 2.87. The van der Waals surface area contributed by atoms with E-state index in [1.807, 2.05) is 36.4 Å². The quantitative estimate of drug-likeness (QED) is 0.556. The molecule has 5 rings (SSSR count). The molecule has 1 atom stereocenters. The lowest BCUT2D eigenvalue weighted by atomic mass is 10.1. The zero-order chi connectivity index (χ0) is 23.7. The van der Waals surface area contributed by atoms with Gasteiger partial charge in [0.1, 0.15) is 11.4 Å². The highest BCUT2D eigenvalue weighted by Gasteiger charge is 2.37. The average molecular weight is 491 g/mol. The number of amides is 1. The van der Waals surface area contributed by atoms with Crippen LogP contribution in [0.3, 0.4) is 0 Å². The number of methoxy groups -OCH3 is 1. The van der Waals surface area contributed by atoms with Gasteiger partial charge in [0.2, 0.25) is 11.9 Å². The molecule has 34 heavy (non-hydrogen) atoms. The largest absolute Gasteiger partial charge is 0.497 e. The van der Waals surface area contributed by atoms with Crippen LogP contribution in [0.15, 0.2) is 82.9 Å². The number of Topliss-reactive ketones (excluding diaryl/α,β-unsaturated/α-hetero) is 1. The Balaban J connectivity index is 1.52. The Kier molecular flexibility index (Phi) is 6.08. The summed E-state index contributed by atoms with van der Waals surface area (Å²) in [4.78, 5) is 31.3. The van der Waals surface area contributed by atoms with Crippen LogP contribution in [-0.2, 0) is 10.5 Å². The lowest BCUT2D eigenvalue weighted by Gasteiger charge is -2.33. The normalized spacial score (nSPS) is 16.6. The van der Waals surface area contributed by atoms with Crippen LogP contribution in [0.1, 0.15) is 15.9 Å². The van der Waals surface area contributed by atoms with Gasteiger partial charge in [0.25, 0.3) is 5.91 Å². The number of halogens is 1. The number of fused-ring (bicyclic) bond motifs is 2. The van der Waals surface area contributed by atoms with Crippen LogP contribution in [0.4, 0.5) is 0 Å². The summed E-state index contributed by atoms with van der Waals surface area (Å²) in [6, 6.07) is 21.5.